The van der Waals surface area contributed by atoms with E-state index < -0.39 is 28.8 Å². The number of aryl methyl sites for hydroxylation is 1. The molecule has 0 spiro atoms. The van der Waals surface area contributed by atoms with Gasteiger partial charge in [-0.1, -0.05) is 11.6 Å². The van der Waals surface area contributed by atoms with E-state index >= 15 is 0 Å². The first kappa shape index (κ1) is 21.2. The first-order valence-corrected chi connectivity index (χ1v) is 9.84. The van der Waals surface area contributed by atoms with Crippen LogP contribution in [0.25, 0.3) is 5.95 Å². The normalized spacial score (nSPS) is 15.2. The van der Waals surface area contributed by atoms with Crippen LogP contribution in [0.1, 0.15) is 47.8 Å². The van der Waals surface area contributed by atoms with Gasteiger partial charge < -0.3 is 4.90 Å². The van der Waals surface area contributed by atoms with Crippen molar-refractivity contribution in [1.29, 1.82) is 0 Å². The zero-order valence-corrected chi connectivity index (χ0v) is 17.3. The van der Waals surface area contributed by atoms with Crippen molar-refractivity contribution < 1.29 is 18.0 Å². The lowest BCUT2D eigenvalue weighted by molar-refractivity contribution is -0.141. The van der Waals surface area contributed by atoms with Crippen molar-refractivity contribution in [2.45, 2.75) is 32.0 Å². The average molecular weight is 455 g/mol. The number of carbonyl (C=O) groups is 1. The summed E-state index contributed by atoms with van der Waals surface area (Å²) in [5.41, 5.74) is -1.62. The summed E-state index contributed by atoms with van der Waals surface area (Å²) in [7, 11) is 1.26. The molecule has 0 N–H and O–H groups in total. The van der Waals surface area contributed by atoms with Crippen molar-refractivity contribution in [2.24, 2.45) is 13.0 Å². The number of rotatable bonds is 6. The lowest BCUT2D eigenvalue weighted by atomic mass is 10.2. The molecule has 3 heterocycles. The fraction of sp³-hybridized carbons (Fsp3) is 0.444. The lowest BCUT2D eigenvalue weighted by Crippen LogP contribution is -2.37. The highest BCUT2D eigenvalue weighted by atomic mass is 35.5. The summed E-state index contributed by atoms with van der Waals surface area (Å²) in [4.78, 5) is 27.4. The van der Waals surface area contributed by atoms with Gasteiger partial charge in [0.05, 0.1) is 6.04 Å². The molecule has 1 saturated carbocycles. The first-order valence-electron chi connectivity index (χ1n) is 9.46. The quantitative estimate of drug-likeness (QED) is 0.568. The molecule has 0 saturated heterocycles. The molecule has 31 heavy (non-hydrogen) atoms. The molecule has 1 unspecified atom stereocenters. The number of hydrogen-bond acceptors (Lipinski definition) is 6. The molecule has 13 heteroatoms. The molecule has 0 aliphatic heterocycles. The van der Waals surface area contributed by atoms with Gasteiger partial charge in [0, 0.05) is 26.0 Å². The van der Waals surface area contributed by atoms with Crippen LogP contribution >= 0.6 is 11.6 Å². The van der Waals surface area contributed by atoms with E-state index in [1.807, 2.05) is 0 Å². The molecule has 1 aliphatic carbocycles. The topological polar surface area (TPSA) is 94.6 Å². The third-order valence-electron chi connectivity index (χ3n) is 5.03. The summed E-state index contributed by atoms with van der Waals surface area (Å²) in [6.45, 7) is 2.06. The molecule has 1 amide bonds. The largest absolute Gasteiger partial charge is 0.436 e. The molecule has 3 aromatic rings. The van der Waals surface area contributed by atoms with Crippen molar-refractivity contribution in [1.82, 2.24) is 39.4 Å². The van der Waals surface area contributed by atoms with Crippen molar-refractivity contribution in [2.75, 3.05) is 6.54 Å². The Balaban J connectivity index is 1.72. The van der Waals surface area contributed by atoms with Gasteiger partial charge in [0.25, 0.3) is 11.9 Å². The van der Waals surface area contributed by atoms with Gasteiger partial charge in [0.1, 0.15) is 17.0 Å². The first-order chi connectivity index (χ1) is 14.7. The van der Waals surface area contributed by atoms with Crippen LogP contribution in [0.15, 0.2) is 24.8 Å². The summed E-state index contributed by atoms with van der Waals surface area (Å²) >= 11 is 5.96. The van der Waals surface area contributed by atoms with Gasteiger partial charge in [0.15, 0.2) is 11.5 Å². The van der Waals surface area contributed by atoms with Gasteiger partial charge in [-0.15, -0.1) is 0 Å². The Morgan fingerprint density at radius 1 is 1.29 bits per heavy atom. The molecular weight excluding hydrogens is 437 g/mol. The SMILES string of the molecule is CC(c1ncnn1-c1ncccn1)N(CC1CC1)C(=O)c1c(Cl)c(C(F)(F)F)nn1C. The van der Waals surface area contributed by atoms with Crippen LogP contribution in [0.3, 0.4) is 0 Å². The molecule has 1 atom stereocenters. The second-order valence-electron chi connectivity index (χ2n) is 7.29. The number of alkyl halides is 3. The standard InChI is InChI=1S/C18H18ClF3N8O/c1-10(15-25-9-26-30(15)17-23-6-3-7-24-17)29(8-11-4-5-11)16(31)13-12(19)14(18(20,21)22)27-28(13)2/h3,6-7,9-11H,4-5,8H2,1-2H3. The smallest absolute Gasteiger partial charge is 0.327 e. The number of halogens is 4. The maximum atomic E-state index is 13.4. The summed E-state index contributed by atoms with van der Waals surface area (Å²) < 4.78 is 41.9. The van der Waals surface area contributed by atoms with Crippen LogP contribution in [0, 0.1) is 5.92 Å². The average Bonchev–Trinajstić information content (AvgIpc) is 3.31. The molecule has 0 radical (unpaired) electrons. The molecule has 4 rings (SSSR count). The van der Waals surface area contributed by atoms with Crippen molar-refractivity contribution >= 4 is 17.5 Å². The second kappa shape index (κ2) is 7.91. The Bertz CT molecular complexity index is 1090. The van der Waals surface area contributed by atoms with E-state index in [0.717, 1.165) is 17.5 Å². The molecule has 1 aliphatic rings. The van der Waals surface area contributed by atoms with E-state index in [9.17, 15) is 18.0 Å². The second-order valence-corrected chi connectivity index (χ2v) is 7.67. The molecule has 0 bridgehead atoms. The highest BCUT2D eigenvalue weighted by molar-refractivity contribution is 6.34. The van der Waals surface area contributed by atoms with E-state index in [1.165, 1.54) is 23.0 Å². The Labute approximate surface area is 179 Å². The summed E-state index contributed by atoms with van der Waals surface area (Å²) in [6.07, 6.45) is 1.47. The number of carbonyl (C=O) groups excluding carboxylic acids is 1. The molecular formula is C18H18ClF3N8O. The van der Waals surface area contributed by atoms with Crippen LogP contribution in [0.4, 0.5) is 13.2 Å². The minimum absolute atomic E-state index is 0.254. The molecule has 164 valence electrons. The van der Waals surface area contributed by atoms with Crippen LogP contribution in [-0.4, -0.2) is 51.9 Å². The van der Waals surface area contributed by atoms with Gasteiger partial charge in [-0.2, -0.15) is 28.1 Å². The Hall–Kier alpha value is -3.02. The highest BCUT2D eigenvalue weighted by Gasteiger charge is 2.42. The monoisotopic (exact) mass is 454 g/mol. The Morgan fingerprint density at radius 3 is 2.55 bits per heavy atom. The van der Waals surface area contributed by atoms with Gasteiger partial charge in [0.2, 0.25) is 0 Å². The van der Waals surface area contributed by atoms with Crippen LogP contribution in [-0.2, 0) is 13.2 Å². The van der Waals surface area contributed by atoms with E-state index in [-0.39, 0.29) is 17.6 Å². The summed E-state index contributed by atoms with van der Waals surface area (Å²) in [5.74, 6) is 0.219. The maximum Gasteiger partial charge on any atom is 0.436 e. The molecule has 3 aromatic heterocycles. The Kier molecular flexibility index (Phi) is 5.42. The fourth-order valence-corrected chi connectivity index (χ4v) is 3.62. The number of amides is 1. The van der Waals surface area contributed by atoms with Gasteiger partial charge in [-0.05, 0) is 31.7 Å². The Morgan fingerprint density at radius 2 is 1.97 bits per heavy atom. The van der Waals surface area contributed by atoms with Gasteiger partial charge in [-0.3, -0.25) is 9.48 Å². The van der Waals surface area contributed by atoms with Gasteiger partial charge >= 0.3 is 6.18 Å². The number of hydrogen-bond donors (Lipinski definition) is 0. The van der Waals surface area contributed by atoms with E-state index in [1.54, 1.807) is 25.4 Å². The molecule has 9 nitrogen and oxygen atoms in total. The fourth-order valence-electron chi connectivity index (χ4n) is 3.27. The number of nitrogens with zero attached hydrogens (tertiary/aromatic N) is 8. The maximum absolute atomic E-state index is 13.4. The van der Waals surface area contributed by atoms with E-state index in [4.69, 9.17) is 11.6 Å². The minimum Gasteiger partial charge on any atom is -0.327 e. The molecule has 1 fully saturated rings. The van der Waals surface area contributed by atoms with E-state index in [2.05, 4.69) is 25.1 Å². The predicted molar refractivity (Wildman–Crippen MR) is 102 cm³/mol. The minimum atomic E-state index is -4.77. The number of aromatic nitrogens is 7. The van der Waals surface area contributed by atoms with Crippen molar-refractivity contribution in [3.05, 3.63) is 47.0 Å². The lowest BCUT2D eigenvalue weighted by Gasteiger charge is -2.29. The highest BCUT2D eigenvalue weighted by Crippen LogP contribution is 2.38. The van der Waals surface area contributed by atoms with Gasteiger partial charge in [-0.25, -0.2) is 15.0 Å². The third-order valence-corrected chi connectivity index (χ3v) is 5.39. The van der Waals surface area contributed by atoms with Crippen LogP contribution in [0.2, 0.25) is 5.02 Å². The summed E-state index contributed by atoms with van der Waals surface area (Å²) in [6, 6.07) is 1.01. The third kappa shape index (κ3) is 4.11. The van der Waals surface area contributed by atoms with Crippen LogP contribution in [0.5, 0.6) is 0 Å². The summed E-state index contributed by atoms with van der Waals surface area (Å²) in [5, 5.41) is 6.84. The predicted octanol–water partition coefficient (Wildman–Crippen LogP) is 3.08. The van der Waals surface area contributed by atoms with E-state index in [0.29, 0.717) is 12.4 Å². The van der Waals surface area contributed by atoms with Crippen molar-refractivity contribution in [3.63, 3.8) is 0 Å². The molecule has 0 aromatic carbocycles. The zero-order valence-electron chi connectivity index (χ0n) is 16.6. The van der Waals surface area contributed by atoms with Crippen molar-refractivity contribution in [3.8, 4) is 5.95 Å². The van der Waals surface area contributed by atoms with Crippen LogP contribution < -0.4 is 0 Å². The zero-order chi connectivity index (χ0) is 22.3.